The van der Waals surface area contributed by atoms with Crippen LogP contribution in [0.5, 0.6) is 0 Å². The van der Waals surface area contributed by atoms with Gasteiger partial charge < -0.3 is 10.6 Å². The van der Waals surface area contributed by atoms with Crippen LogP contribution in [-0.4, -0.2) is 44.1 Å². The van der Waals surface area contributed by atoms with Crippen LogP contribution < -0.4 is 10.6 Å². The van der Waals surface area contributed by atoms with Gasteiger partial charge in [-0.05, 0) is 41.4 Å². The molecule has 0 amide bonds. The molecule has 4 nitrogen and oxygen atoms in total. The molecule has 0 aliphatic heterocycles. The molecule has 1 heterocycles. The Morgan fingerprint density at radius 3 is 2.38 bits per heavy atom. The number of rotatable bonds is 8. The molecule has 120 valence electrons. The van der Waals surface area contributed by atoms with Crippen molar-refractivity contribution in [1.82, 2.24) is 15.5 Å². The van der Waals surface area contributed by atoms with Crippen molar-refractivity contribution < 1.29 is 0 Å². The molecule has 1 atom stereocenters. The van der Waals surface area contributed by atoms with Crippen LogP contribution >= 0.6 is 11.3 Å². The number of hydrogen-bond acceptors (Lipinski definition) is 3. The molecule has 1 aromatic rings. The monoisotopic (exact) mass is 310 g/mol. The van der Waals surface area contributed by atoms with Crippen LogP contribution in [0.4, 0.5) is 0 Å². The van der Waals surface area contributed by atoms with E-state index in [1.807, 2.05) is 7.05 Å². The summed E-state index contributed by atoms with van der Waals surface area (Å²) in [7, 11) is 1.83. The van der Waals surface area contributed by atoms with Crippen molar-refractivity contribution in [3.05, 3.63) is 22.4 Å². The highest BCUT2D eigenvalue weighted by atomic mass is 32.1. The van der Waals surface area contributed by atoms with Crippen molar-refractivity contribution in [3.63, 3.8) is 0 Å². The Kier molecular flexibility index (Phi) is 8.38. The van der Waals surface area contributed by atoms with E-state index >= 15 is 0 Å². The van der Waals surface area contributed by atoms with Gasteiger partial charge in [0, 0.05) is 20.1 Å². The van der Waals surface area contributed by atoms with Gasteiger partial charge in [0.15, 0.2) is 5.96 Å². The molecular formula is C16H30N4S. The molecule has 0 spiro atoms. The minimum Gasteiger partial charge on any atom is -0.356 e. The van der Waals surface area contributed by atoms with E-state index in [4.69, 9.17) is 0 Å². The zero-order valence-electron chi connectivity index (χ0n) is 14.0. The zero-order valence-corrected chi connectivity index (χ0v) is 14.8. The number of hydrogen-bond donors (Lipinski definition) is 2. The first-order chi connectivity index (χ1) is 10.1. The van der Waals surface area contributed by atoms with Gasteiger partial charge in [0.25, 0.3) is 0 Å². The highest BCUT2D eigenvalue weighted by Gasteiger charge is 2.18. The fraction of sp³-hybridized carbons (Fsp3) is 0.688. The lowest BCUT2D eigenvalue weighted by Crippen LogP contribution is -2.44. The molecule has 2 N–H and O–H groups in total. The Labute approximate surface area is 133 Å². The van der Waals surface area contributed by atoms with Crippen molar-refractivity contribution in [2.75, 3.05) is 33.2 Å². The molecule has 1 unspecified atom stereocenters. The third-order valence-corrected chi connectivity index (χ3v) is 4.25. The molecule has 1 rings (SSSR count). The molecule has 0 aliphatic rings. The number of likely N-dealkylation sites (N-methyl/N-ethyl adjacent to an activating group) is 1. The van der Waals surface area contributed by atoms with E-state index in [9.17, 15) is 0 Å². The lowest BCUT2D eigenvalue weighted by molar-refractivity contribution is 0.219. The van der Waals surface area contributed by atoms with Gasteiger partial charge in [0.1, 0.15) is 0 Å². The molecule has 0 aliphatic carbocycles. The summed E-state index contributed by atoms with van der Waals surface area (Å²) in [5.41, 5.74) is 1.38. The predicted octanol–water partition coefficient (Wildman–Crippen LogP) is 2.95. The maximum atomic E-state index is 4.30. The Morgan fingerprint density at radius 2 is 1.90 bits per heavy atom. The first kappa shape index (κ1) is 18.0. The predicted molar refractivity (Wildman–Crippen MR) is 94.2 cm³/mol. The van der Waals surface area contributed by atoms with E-state index in [0.717, 1.165) is 32.1 Å². The summed E-state index contributed by atoms with van der Waals surface area (Å²) in [6.45, 7) is 12.7. The van der Waals surface area contributed by atoms with Gasteiger partial charge >= 0.3 is 0 Å². The van der Waals surface area contributed by atoms with E-state index in [2.05, 4.69) is 65.0 Å². The number of aliphatic imine (C=N–C) groups is 1. The maximum Gasteiger partial charge on any atom is 0.191 e. The molecule has 0 bridgehead atoms. The molecular weight excluding hydrogens is 280 g/mol. The molecule has 0 aromatic carbocycles. The summed E-state index contributed by atoms with van der Waals surface area (Å²) in [4.78, 5) is 6.78. The van der Waals surface area contributed by atoms with Crippen molar-refractivity contribution >= 4 is 17.3 Å². The Hall–Kier alpha value is -1.07. The summed E-state index contributed by atoms with van der Waals surface area (Å²) in [6.07, 6.45) is 0. The Morgan fingerprint density at radius 1 is 1.24 bits per heavy atom. The number of thiophene rings is 1. The quantitative estimate of drug-likeness (QED) is 0.573. The van der Waals surface area contributed by atoms with E-state index < -0.39 is 0 Å². The van der Waals surface area contributed by atoms with Gasteiger partial charge in [0.2, 0.25) is 0 Å². The minimum atomic E-state index is 0.392. The lowest BCUT2D eigenvalue weighted by Gasteiger charge is -2.30. The average Bonchev–Trinajstić information content (AvgIpc) is 3.00. The normalized spacial score (nSPS) is 13.8. The third-order valence-electron chi connectivity index (χ3n) is 3.55. The summed E-state index contributed by atoms with van der Waals surface area (Å²) < 4.78 is 0. The molecule has 1 aromatic heterocycles. The summed E-state index contributed by atoms with van der Waals surface area (Å²) in [5, 5.41) is 11.2. The average molecular weight is 311 g/mol. The highest BCUT2D eigenvalue weighted by Crippen LogP contribution is 2.22. The standard InChI is InChI=1S/C16H30N4S/c1-6-20(7-2)15(14-8-9-21-12-14)11-19-16(17-5)18-10-13(3)4/h8-9,12-13,15H,6-7,10-11H2,1-5H3,(H2,17,18,19). The van der Waals surface area contributed by atoms with Crippen LogP contribution in [0.1, 0.15) is 39.3 Å². The van der Waals surface area contributed by atoms with Gasteiger partial charge in [-0.25, -0.2) is 0 Å². The van der Waals surface area contributed by atoms with Gasteiger partial charge in [-0.3, -0.25) is 9.89 Å². The molecule has 0 saturated carbocycles. The van der Waals surface area contributed by atoms with Crippen LogP contribution in [-0.2, 0) is 0 Å². The summed E-state index contributed by atoms with van der Waals surface area (Å²) >= 11 is 1.76. The summed E-state index contributed by atoms with van der Waals surface area (Å²) in [5.74, 6) is 1.50. The van der Waals surface area contributed by atoms with Gasteiger partial charge in [-0.1, -0.05) is 27.7 Å². The number of nitrogens with one attached hydrogen (secondary N) is 2. The van der Waals surface area contributed by atoms with Crippen molar-refractivity contribution in [2.45, 2.75) is 33.7 Å². The Bertz CT molecular complexity index is 396. The van der Waals surface area contributed by atoms with Crippen molar-refractivity contribution in [3.8, 4) is 0 Å². The van der Waals surface area contributed by atoms with Crippen LogP contribution in [0, 0.1) is 5.92 Å². The summed E-state index contributed by atoms with van der Waals surface area (Å²) in [6, 6.07) is 2.61. The smallest absolute Gasteiger partial charge is 0.191 e. The van der Waals surface area contributed by atoms with Crippen LogP contribution in [0.25, 0.3) is 0 Å². The molecule has 5 heteroatoms. The Balaban J connectivity index is 2.64. The fourth-order valence-corrected chi connectivity index (χ4v) is 3.01. The first-order valence-corrected chi connectivity index (χ1v) is 8.77. The van der Waals surface area contributed by atoms with E-state index in [1.165, 1.54) is 5.56 Å². The van der Waals surface area contributed by atoms with Crippen molar-refractivity contribution in [2.24, 2.45) is 10.9 Å². The SMILES string of the molecule is CCN(CC)C(CNC(=NC)NCC(C)C)c1ccsc1. The van der Waals surface area contributed by atoms with E-state index in [0.29, 0.717) is 12.0 Å². The molecule has 0 radical (unpaired) electrons. The van der Waals surface area contributed by atoms with Crippen LogP contribution in [0.2, 0.25) is 0 Å². The highest BCUT2D eigenvalue weighted by molar-refractivity contribution is 7.07. The first-order valence-electron chi connectivity index (χ1n) is 7.82. The largest absolute Gasteiger partial charge is 0.356 e. The topological polar surface area (TPSA) is 39.7 Å². The van der Waals surface area contributed by atoms with Gasteiger partial charge in [-0.2, -0.15) is 11.3 Å². The van der Waals surface area contributed by atoms with Crippen molar-refractivity contribution in [1.29, 1.82) is 0 Å². The van der Waals surface area contributed by atoms with Crippen LogP contribution in [0.15, 0.2) is 21.8 Å². The zero-order chi connectivity index (χ0) is 15.7. The minimum absolute atomic E-state index is 0.392. The van der Waals surface area contributed by atoms with Gasteiger partial charge in [-0.15, -0.1) is 0 Å². The number of nitrogens with zero attached hydrogens (tertiary/aromatic N) is 2. The fourth-order valence-electron chi connectivity index (χ4n) is 2.30. The van der Waals surface area contributed by atoms with E-state index in [-0.39, 0.29) is 0 Å². The maximum absolute atomic E-state index is 4.30. The molecule has 0 saturated heterocycles. The second-order valence-electron chi connectivity index (χ2n) is 5.52. The second-order valence-corrected chi connectivity index (χ2v) is 6.30. The second kappa shape index (κ2) is 9.79. The third kappa shape index (κ3) is 6.06. The van der Waals surface area contributed by atoms with Gasteiger partial charge in [0.05, 0.1) is 6.04 Å². The molecule has 21 heavy (non-hydrogen) atoms. The van der Waals surface area contributed by atoms with Crippen LogP contribution in [0.3, 0.4) is 0 Å². The lowest BCUT2D eigenvalue weighted by atomic mass is 10.1. The molecule has 0 fully saturated rings. The number of guanidine groups is 1. The van der Waals surface area contributed by atoms with E-state index in [1.54, 1.807) is 11.3 Å².